The van der Waals surface area contributed by atoms with Gasteiger partial charge < -0.3 is 9.84 Å². The minimum absolute atomic E-state index is 0.0709. The molecule has 1 aliphatic rings. The molecule has 0 saturated carbocycles. The van der Waals surface area contributed by atoms with Gasteiger partial charge in [-0.1, -0.05) is 12.1 Å². The van der Waals surface area contributed by atoms with Crippen molar-refractivity contribution < 1.29 is 23.4 Å². The molecule has 2 atom stereocenters. The lowest BCUT2D eigenvalue weighted by Gasteiger charge is -2.18. The molecule has 0 radical (unpaired) electrons. The van der Waals surface area contributed by atoms with Crippen molar-refractivity contribution in [2.24, 2.45) is 0 Å². The van der Waals surface area contributed by atoms with Gasteiger partial charge in [0.25, 0.3) is 0 Å². The molecule has 2 rings (SSSR count). The van der Waals surface area contributed by atoms with Crippen LogP contribution in [-0.4, -0.2) is 30.3 Å². The van der Waals surface area contributed by atoms with Crippen LogP contribution in [0.1, 0.15) is 24.4 Å². The molecule has 1 heterocycles. The highest BCUT2D eigenvalue weighted by molar-refractivity contribution is 5.75. The summed E-state index contributed by atoms with van der Waals surface area (Å²) >= 11 is 0. The maximum Gasteiger partial charge on any atom is 0.325 e. The Kier molecular flexibility index (Phi) is 4.44. The topological polar surface area (TPSA) is 58.6 Å². The van der Waals surface area contributed by atoms with Gasteiger partial charge in [-0.2, -0.15) is 0 Å². The zero-order chi connectivity index (χ0) is 13.8. The second-order valence-corrected chi connectivity index (χ2v) is 4.46. The lowest BCUT2D eigenvalue weighted by atomic mass is 10.1. The molecule has 4 nitrogen and oxygen atoms in total. The van der Waals surface area contributed by atoms with Gasteiger partial charge in [0.15, 0.2) is 11.6 Å². The third-order valence-electron chi connectivity index (χ3n) is 3.11. The molecule has 19 heavy (non-hydrogen) atoms. The summed E-state index contributed by atoms with van der Waals surface area (Å²) in [6, 6.07) is 2.23. The average molecular weight is 271 g/mol. The molecule has 1 saturated heterocycles. The Balaban J connectivity index is 2.10. The number of hydrogen-bond donors (Lipinski definition) is 2. The molecule has 0 amide bonds. The van der Waals surface area contributed by atoms with Gasteiger partial charge >= 0.3 is 5.97 Å². The number of nitrogens with one attached hydrogen (secondary N) is 1. The van der Waals surface area contributed by atoms with Crippen molar-refractivity contribution in [1.82, 2.24) is 5.32 Å². The predicted octanol–water partition coefficient (Wildman–Crippen LogP) is 1.86. The van der Waals surface area contributed by atoms with E-state index in [-0.39, 0.29) is 11.7 Å². The van der Waals surface area contributed by atoms with Crippen molar-refractivity contribution >= 4 is 5.97 Å². The molecule has 0 spiro atoms. The van der Waals surface area contributed by atoms with Crippen LogP contribution < -0.4 is 5.32 Å². The first-order valence-corrected chi connectivity index (χ1v) is 6.11. The quantitative estimate of drug-likeness (QED) is 0.858. The van der Waals surface area contributed by atoms with Crippen molar-refractivity contribution in [3.05, 3.63) is 35.4 Å². The summed E-state index contributed by atoms with van der Waals surface area (Å²) in [4.78, 5) is 11.2. The summed E-state index contributed by atoms with van der Waals surface area (Å²) in [5, 5.41) is 11.8. The van der Waals surface area contributed by atoms with Crippen molar-refractivity contribution in [3.8, 4) is 0 Å². The first-order valence-electron chi connectivity index (χ1n) is 6.11. The van der Waals surface area contributed by atoms with Gasteiger partial charge in [-0.3, -0.25) is 10.1 Å². The number of benzene rings is 1. The van der Waals surface area contributed by atoms with Gasteiger partial charge in [-0.25, -0.2) is 8.78 Å². The van der Waals surface area contributed by atoms with Crippen LogP contribution in [0.25, 0.3) is 0 Å². The number of hydrogen-bond acceptors (Lipinski definition) is 3. The summed E-state index contributed by atoms with van der Waals surface area (Å²) < 4.78 is 32.1. The van der Waals surface area contributed by atoms with Crippen molar-refractivity contribution in [1.29, 1.82) is 0 Å². The monoisotopic (exact) mass is 271 g/mol. The Morgan fingerprint density at radius 3 is 2.95 bits per heavy atom. The van der Waals surface area contributed by atoms with Gasteiger partial charge in [0.05, 0.1) is 6.10 Å². The van der Waals surface area contributed by atoms with Crippen LogP contribution >= 0.6 is 0 Å². The summed E-state index contributed by atoms with van der Waals surface area (Å²) in [5.41, 5.74) is -0.203. The van der Waals surface area contributed by atoms with Crippen LogP contribution in [0.15, 0.2) is 18.2 Å². The molecule has 2 unspecified atom stereocenters. The summed E-state index contributed by atoms with van der Waals surface area (Å²) in [6.45, 7) is 0.950. The second-order valence-electron chi connectivity index (χ2n) is 4.46. The van der Waals surface area contributed by atoms with E-state index in [1.54, 1.807) is 0 Å². The Bertz CT molecular complexity index is 461. The molecule has 0 aliphatic carbocycles. The molecule has 0 aromatic heterocycles. The van der Waals surface area contributed by atoms with Gasteiger partial charge in [0, 0.05) is 18.7 Å². The average Bonchev–Trinajstić information content (AvgIpc) is 2.87. The van der Waals surface area contributed by atoms with Crippen LogP contribution in [0.3, 0.4) is 0 Å². The van der Waals surface area contributed by atoms with Gasteiger partial charge in [-0.05, 0) is 18.9 Å². The van der Waals surface area contributed by atoms with E-state index in [1.807, 2.05) is 0 Å². The number of rotatable bonds is 5. The fourth-order valence-corrected chi connectivity index (χ4v) is 2.13. The molecular weight excluding hydrogens is 256 g/mol. The first-order chi connectivity index (χ1) is 9.09. The molecular formula is C13H15F2NO3. The van der Waals surface area contributed by atoms with Crippen molar-refractivity contribution in [3.63, 3.8) is 0 Å². The van der Waals surface area contributed by atoms with E-state index in [9.17, 15) is 13.6 Å². The van der Waals surface area contributed by atoms with E-state index < -0.39 is 23.6 Å². The van der Waals surface area contributed by atoms with Crippen LogP contribution in [0.2, 0.25) is 0 Å². The molecule has 1 aromatic carbocycles. The maximum absolute atomic E-state index is 13.6. The number of carbonyl (C=O) groups is 1. The third-order valence-corrected chi connectivity index (χ3v) is 3.11. The van der Waals surface area contributed by atoms with E-state index in [1.165, 1.54) is 12.1 Å². The van der Waals surface area contributed by atoms with E-state index >= 15 is 0 Å². The highest BCUT2D eigenvalue weighted by atomic mass is 19.2. The number of halogens is 2. The molecule has 1 aliphatic heterocycles. The van der Waals surface area contributed by atoms with Gasteiger partial charge in [0.2, 0.25) is 0 Å². The maximum atomic E-state index is 13.6. The fraction of sp³-hybridized carbons (Fsp3) is 0.462. The largest absolute Gasteiger partial charge is 0.480 e. The highest BCUT2D eigenvalue weighted by Crippen LogP contribution is 2.20. The SMILES string of the molecule is O=C(O)C(NCC1CCCO1)c1cccc(F)c1F. The molecule has 1 aromatic rings. The zero-order valence-corrected chi connectivity index (χ0v) is 10.2. The zero-order valence-electron chi connectivity index (χ0n) is 10.2. The Hall–Kier alpha value is -1.53. The number of aliphatic carboxylic acids is 1. The Labute approximate surface area is 109 Å². The summed E-state index contributed by atoms with van der Waals surface area (Å²) in [5.74, 6) is -3.43. The number of carboxylic acids is 1. The van der Waals surface area contributed by atoms with Gasteiger partial charge in [-0.15, -0.1) is 0 Å². The molecule has 6 heteroatoms. The van der Waals surface area contributed by atoms with E-state index in [2.05, 4.69) is 5.32 Å². The summed E-state index contributed by atoms with van der Waals surface area (Å²) in [7, 11) is 0. The molecule has 0 bridgehead atoms. The van der Waals surface area contributed by atoms with Crippen LogP contribution in [0, 0.1) is 11.6 Å². The second kappa shape index (κ2) is 6.08. The van der Waals surface area contributed by atoms with E-state index in [0.717, 1.165) is 18.9 Å². The normalized spacial score (nSPS) is 20.4. The lowest BCUT2D eigenvalue weighted by Crippen LogP contribution is -2.35. The van der Waals surface area contributed by atoms with Crippen molar-refractivity contribution in [2.45, 2.75) is 25.0 Å². The lowest BCUT2D eigenvalue weighted by molar-refractivity contribution is -0.139. The van der Waals surface area contributed by atoms with Gasteiger partial charge in [0.1, 0.15) is 6.04 Å². The smallest absolute Gasteiger partial charge is 0.325 e. The minimum atomic E-state index is -1.28. The number of ether oxygens (including phenoxy) is 1. The van der Waals surface area contributed by atoms with Crippen LogP contribution in [0.5, 0.6) is 0 Å². The minimum Gasteiger partial charge on any atom is -0.480 e. The third kappa shape index (κ3) is 3.27. The standard InChI is InChI=1S/C13H15F2NO3/c14-10-5-1-4-9(11(10)15)12(13(17)18)16-7-8-3-2-6-19-8/h1,4-5,8,12,16H,2-3,6-7H2,(H,17,18). The highest BCUT2D eigenvalue weighted by Gasteiger charge is 2.26. The molecule has 104 valence electrons. The Morgan fingerprint density at radius 2 is 2.32 bits per heavy atom. The first kappa shape index (κ1) is 13.9. The summed E-state index contributed by atoms with van der Waals surface area (Å²) in [6.07, 6.45) is 1.70. The molecule has 2 N–H and O–H groups in total. The predicted molar refractivity (Wildman–Crippen MR) is 63.7 cm³/mol. The van der Waals surface area contributed by atoms with Crippen LogP contribution in [-0.2, 0) is 9.53 Å². The Morgan fingerprint density at radius 1 is 1.53 bits per heavy atom. The number of carboxylic acid groups (broad SMARTS) is 1. The fourth-order valence-electron chi connectivity index (χ4n) is 2.13. The van der Waals surface area contributed by atoms with E-state index in [0.29, 0.717) is 13.2 Å². The van der Waals surface area contributed by atoms with Crippen LogP contribution in [0.4, 0.5) is 8.78 Å². The van der Waals surface area contributed by atoms with Crippen molar-refractivity contribution in [2.75, 3.05) is 13.2 Å². The van der Waals surface area contributed by atoms with E-state index in [4.69, 9.17) is 9.84 Å². The molecule has 1 fully saturated rings.